The van der Waals surface area contributed by atoms with Crippen LogP contribution in [-0.2, 0) is 0 Å². The van der Waals surface area contributed by atoms with Crippen molar-refractivity contribution in [2.24, 2.45) is 0 Å². The third-order valence-corrected chi connectivity index (χ3v) is 3.69. The number of carbonyl (C=O) groups excluding carboxylic acids is 1. The van der Waals surface area contributed by atoms with Crippen LogP contribution in [0.25, 0.3) is 0 Å². The summed E-state index contributed by atoms with van der Waals surface area (Å²) < 4.78 is 13.6. The Labute approximate surface area is 127 Å². The second-order valence-electron chi connectivity index (χ2n) is 4.45. The minimum atomic E-state index is -1.29. The number of nitrogens with one attached hydrogen (secondary N) is 2. The molecule has 0 saturated heterocycles. The van der Waals surface area contributed by atoms with Crippen molar-refractivity contribution in [2.75, 3.05) is 16.8 Å². The summed E-state index contributed by atoms with van der Waals surface area (Å²) >= 11 is 1.77. The first-order valence-corrected chi connectivity index (χ1v) is 7.78. The van der Waals surface area contributed by atoms with E-state index in [0.29, 0.717) is 0 Å². The van der Waals surface area contributed by atoms with Crippen molar-refractivity contribution in [1.29, 1.82) is 0 Å². The summed E-state index contributed by atoms with van der Waals surface area (Å²) in [7, 11) is 0. The van der Waals surface area contributed by atoms with Gasteiger partial charge >= 0.3 is 12.0 Å². The molecule has 0 fully saturated rings. The number of carbonyl (C=O) groups is 2. The topological polar surface area (TPSA) is 78.4 Å². The van der Waals surface area contributed by atoms with Crippen LogP contribution in [0.15, 0.2) is 18.2 Å². The van der Waals surface area contributed by atoms with E-state index >= 15 is 0 Å². The molecule has 2 amide bonds. The van der Waals surface area contributed by atoms with Crippen molar-refractivity contribution in [3.05, 3.63) is 29.6 Å². The van der Waals surface area contributed by atoms with Gasteiger partial charge < -0.3 is 15.7 Å². The van der Waals surface area contributed by atoms with E-state index in [4.69, 9.17) is 5.11 Å². The second kappa shape index (κ2) is 8.51. The minimum Gasteiger partial charge on any atom is -0.478 e. The summed E-state index contributed by atoms with van der Waals surface area (Å²) in [6.07, 6.45) is 0.787. The lowest BCUT2D eigenvalue weighted by Crippen LogP contribution is -2.37. The normalized spacial score (nSPS) is 11.8. The third-order valence-electron chi connectivity index (χ3n) is 2.76. The predicted molar refractivity (Wildman–Crippen MR) is 82.6 cm³/mol. The fourth-order valence-corrected chi connectivity index (χ4v) is 2.49. The number of para-hydroxylation sites is 1. The van der Waals surface area contributed by atoms with Crippen molar-refractivity contribution in [2.45, 2.75) is 26.3 Å². The highest BCUT2D eigenvalue weighted by atomic mass is 32.2. The zero-order chi connectivity index (χ0) is 15.8. The number of halogens is 1. The third kappa shape index (κ3) is 5.63. The number of hydrogen-bond acceptors (Lipinski definition) is 3. The van der Waals surface area contributed by atoms with Gasteiger partial charge in [-0.05, 0) is 37.0 Å². The quantitative estimate of drug-likeness (QED) is 0.675. The number of urea groups is 1. The van der Waals surface area contributed by atoms with Crippen LogP contribution < -0.4 is 10.6 Å². The maximum atomic E-state index is 13.6. The molecule has 3 N–H and O–H groups in total. The molecule has 1 unspecified atom stereocenters. The minimum absolute atomic E-state index is 0.0795. The van der Waals surface area contributed by atoms with Crippen LogP contribution >= 0.6 is 11.8 Å². The SMILES string of the molecule is CCSCCC(C)NC(=O)Nc1c(F)cccc1C(=O)O. The number of anilines is 1. The largest absolute Gasteiger partial charge is 0.478 e. The lowest BCUT2D eigenvalue weighted by Gasteiger charge is -2.15. The van der Waals surface area contributed by atoms with Crippen LogP contribution in [-0.4, -0.2) is 34.7 Å². The average Bonchev–Trinajstić information content (AvgIpc) is 2.41. The van der Waals surface area contributed by atoms with Crippen molar-refractivity contribution in [3.8, 4) is 0 Å². The van der Waals surface area contributed by atoms with Crippen LogP contribution in [0.3, 0.4) is 0 Å². The highest BCUT2D eigenvalue weighted by molar-refractivity contribution is 7.99. The summed E-state index contributed by atoms with van der Waals surface area (Å²) in [5.74, 6) is -0.148. The monoisotopic (exact) mass is 314 g/mol. The van der Waals surface area contributed by atoms with Crippen LogP contribution in [0, 0.1) is 5.82 Å². The summed E-state index contributed by atoms with van der Waals surface area (Å²) in [6.45, 7) is 3.90. The van der Waals surface area contributed by atoms with Gasteiger partial charge in [0.15, 0.2) is 0 Å². The van der Waals surface area contributed by atoms with Crippen LogP contribution in [0.4, 0.5) is 14.9 Å². The van der Waals surface area contributed by atoms with Crippen molar-refractivity contribution < 1.29 is 19.1 Å². The van der Waals surface area contributed by atoms with Gasteiger partial charge in [0.05, 0.1) is 11.3 Å². The molecule has 5 nitrogen and oxygen atoms in total. The smallest absolute Gasteiger partial charge is 0.337 e. The molecule has 0 saturated carbocycles. The van der Waals surface area contributed by atoms with Gasteiger partial charge in [-0.15, -0.1) is 0 Å². The summed E-state index contributed by atoms with van der Waals surface area (Å²) in [4.78, 5) is 22.8. The molecular weight excluding hydrogens is 295 g/mol. The highest BCUT2D eigenvalue weighted by Gasteiger charge is 2.17. The zero-order valence-electron chi connectivity index (χ0n) is 12.0. The van der Waals surface area contributed by atoms with Gasteiger partial charge in [0, 0.05) is 6.04 Å². The van der Waals surface area contributed by atoms with E-state index in [0.717, 1.165) is 24.0 Å². The fraction of sp³-hybridized carbons (Fsp3) is 0.429. The lowest BCUT2D eigenvalue weighted by atomic mass is 10.1. The Morgan fingerprint density at radius 2 is 2.14 bits per heavy atom. The van der Waals surface area contributed by atoms with Crippen molar-refractivity contribution >= 4 is 29.4 Å². The fourth-order valence-electron chi connectivity index (χ4n) is 1.68. The van der Waals surface area contributed by atoms with Gasteiger partial charge in [-0.25, -0.2) is 14.0 Å². The van der Waals surface area contributed by atoms with Gasteiger partial charge in [-0.2, -0.15) is 11.8 Å². The maximum absolute atomic E-state index is 13.6. The van der Waals surface area contributed by atoms with E-state index in [9.17, 15) is 14.0 Å². The zero-order valence-corrected chi connectivity index (χ0v) is 12.8. The van der Waals surface area contributed by atoms with Gasteiger partial charge in [0.1, 0.15) is 5.82 Å². The van der Waals surface area contributed by atoms with E-state index in [1.54, 1.807) is 11.8 Å². The lowest BCUT2D eigenvalue weighted by molar-refractivity contribution is 0.0697. The van der Waals surface area contributed by atoms with Gasteiger partial charge in [-0.3, -0.25) is 0 Å². The molecule has 0 aromatic heterocycles. The Morgan fingerprint density at radius 1 is 1.43 bits per heavy atom. The average molecular weight is 314 g/mol. The molecule has 1 aromatic carbocycles. The summed E-state index contributed by atoms with van der Waals surface area (Å²) in [6, 6.07) is 2.93. The molecule has 0 heterocycles. The Morgan fingerprint density at radius 3 is 2.76 bits per heavy atom. The molecule has 1 aromatic rings. The predicted octanol–water partition coefficient (Wildman–Crippen LogP) is 3.18. The van der Waals surface area contributed by atoms with Crippen LogP contribution in [0.5, 0.6) is 0 Å². The molecule has 0 aliphatic carbocycles. The van der Waals surface area contributed by atoms with E-state index < -0.39 is 17.8 Å². The second-order valence-corrected chi connectivity index (χ2v) is 5.85. The summed E-state index contributed by atoms with van der Waals surface area (Å²) in [5.41, 5.74) is -0.600. The van der Waals surface area contributed by atoms with Crippen LogP contribution in [0.1, 0.15) is 30.6 Å². The molecule has 0 radical (unpaired) electrons. The number of amides is 2. The first kappa shape index (κ1) is 17.3. The van der Waals surface area contributed by atoms with Gasteiger partial charge in [0.2, 0.25) is 0 Å². The van der Waals surface area contributed by atoms with Crippen molar-refractivity contribution in [3.63, 3.8) is 0 Å². The molecule has 116 valence electrons. The molecule has 7 heteroatoms. The molecular formula is C14H19FN2O3S. The van der Waals surface area contributed by atoms with Crippen LogP contribution in [0.2, 0.25) is 0 Å². The Hall–Kier alpha value is -1.76. The molecule has 0 bridgehead atoms. The highest BCUT2D eigenvalue weighted by Crippen LogP contribution is 2.19. The summed E-state index contributed by atoms with van der Waals surface area (Å²) in [5, 5.41) is 13.9. The molecule has 0 spiro atoms. The Balaban J connectivity index is 2.65. The Bertz CT molecular complexity index is 511. The number of carboxylic acid groups (broad SMARTS) is 1. The maximum Gasteiger partial charge on any atom is 0.337 e. The number of benzene rings is 1. The molecule has 1 atom stereocenters. The van der Waals surface area contributed by atoms with Gasteiger partial charge in [0.25, 0.3) is 0 Å². The standard InChI is InChI=1S/C14H19FN2O3S/c1-3-21-8-7-9(2)16-14(20)17-12-10(13(18)19)5-4-6-11(12)15/h4-6,9H,3,7-8H2,1-2H3,(H,18,19)(H2,16,17,20). The van der Waals surface area contributed by atoms with E-state index in [1.165, 1.54) is 12.1 Å². The van der Waals surface area contributed by atoms with E-state index in [-0.39, 0.29) is 17.3 Å². The number of thioether (sulfide) groups is 1. The Kier molecular flexibility index (Phi) is 7.01. The number of hydrogen-bond donors (Lipinski definition) is 3. The van der Waals surface area contributed by atoms with E-state index in [1.807, 2.05) is 6.92 Å². The first-order chi connectivity index (χ1) is 9.95. The molecule has 0 aliphatic heterocycles. The first-order valence-electron chi connectivity index (χ1n) is 6.62. The molecule has 1 rings (SSSR count). The number of carboxylic acids is 1. The number of rotatable bonds is 7. The molecule has 0 aliphatic rings. The van der Waals surface area contributed by atoms with E-state index in [2.05, 4.69) is 17.6 Å². The number of aromatic carboxylic acids is 1. The molecule has 21 heavy (non-hydrogen) atoms. The van der Waals surface area contributed by atoms with Crippen molar-refractivity contribution in [1.82, 2.24) is 5.32 Å². The van der Waals surface area contributed by atoms with Gasteiger partial charge in [-0.1, -0.05) is 13.0 Å².